The zero-order valence-electron chi connectivity index (χ0n) is 15.1. The summed E-state index contributed by atoms with van der Waals surface area (Å²) >= 11 is 0. The van der Waals surface area contributed by atoms with E-state index in [2.05, 4.69) is 49.5 Å². The number of nitrogens with one attached hydrogen (secondary N) is 1. The first-order valence-electron chi connectivity index (χ1n) is 8.88. The lowest BCUT2D eigenvalue weighted by Crippen LogP contribution is -2.15. The molecule has 0 heterocycles. The Balaban J connectivity index is 2.09. The first kappa shape index (κ1) is 18.3. The van der Waals surface area contributed by atoms with E-state index in [0.29, 0.717) is 13.2 Å². The van der Waals surface area contributed by atoms with Gasteiger partial charge in [0.15, 0.2) is 11.5 Å². The lowest BCUT2D eigenvalue weighted by Gasteiger charge is -2.16. The Morgan fingerprint density at radius 3 is 2.46 bits per heavy atom. The molecule has 130 valence electrons. The van der Waals surface area contributed by atoms with Crippen molar-refractivity contribution in [3.63, 3.8) is 0 Å². The monoisotopic (exact) mass is 327 g/mol. The van der Waals surface area contributed by atoms with Crippen molar-refractivity contribution in [3.05, 3.63) is 59.2 Å². The molecule has 3 heteroatoms. The minimum absolute atomic E-state index is 0.548. The van der Waals surface area contributed by atoms with E-state index < -0.39 is 0 Å². The van der Waals surface area contributed by atoms with Gasteiger partial charge < -0.3 is 14.8 Å². The highest BCUT2D eigenvalue weighted by Gasteiger charge is 2.11. The van der Waals surface area contributed by atoms with Crippen molar-refractivity contribution < 1.29 is 9.47 Å². The molecule has 0 atom stereocenters. The molecule has 0 spiro atoms. The molecule has 2 aromatic carbocycles. The molecule has 2 aromatic rings. The summed E-state index contributed by atoms with van der Waals surface area (Å²) in [5.41, 5.74) is 3.57. The van der Waals surface area contributed by atoms with Crippen LogP contribution >= 0.6 is 0 Å². The Labute approximate surface area is 146 Å². The SMILES string of the molecule is CCCCNCc1cccc(OCC)c1OCc1ccc(C)cc1. The minimum Gasteiger partial charge on any atom is -0.490 e. The maximum atomic E-state index is 6.14. The predicted octanol–water partition coefficient (Wildman–Crippen LogP) is 4.86. The van der Waals surface area contributed by atoms with Crippen molar-refractivity contribution in [1.29, 1.82) is 0 Å². The number of ether oxygens (including phenoxy) is 2. The molecule has 0 unspecified atom stereocenters. The van der Waals surface area contributed by atoms with E-state index in [0.717, 1.165) is 35.7 Å². The lowest BCUT2D eigenvalue weighted by molar-refractivity contribution is 0.266. The first-order valence-corrected chi connectivity index (χ1v) is 8.88. The summed E-state index contributed by atoms with van der Waals surface area (Å²) in [6.45, 7) is 9.29. The Hall–Kier alpha value is -2.00. The summed E-state index contributed by atoms with van der Waals surface area (Å²) < 4.78 is 11.9. The highest BCUT2D eigenvalue weighted by Crippen LogP contribution is 2.32. The standard InChI is InChI=1S/C21H29NO2/c1-4-6-14-22-15-19-8-7-9-20(23-5-2)21(19)24-16-18-12-10-17(3)11-13-18/h7-13,22H,4-6,14-16H2,1-3H3. The third kappa shape index (κ3) is 5.57. The maximum absolute atomic E-state index is 6.14. The highest BCUT2D eigenvalue weighted by atomic mass is 16.5. The van der Waals surface area contributed by atoms with Gasteiger partial charge in [-0.25, -0.2) is 0 Å². The zero-order chi connectivity index (χ0) is 17.2. The van der Waals surface area contributed by atoms with Gasteiger partial charge in [-0.05, 0) is 38.4 Å². The van der Waals surface area contributed by atoms with Gasteiger partial charge >= 0.3 is 0 Å². The number of rotatable bonds is 10. The van der Waals surface area contributed by atoms with Gasteiger partial charge in [-0.1, -0.05) is 55.3 Å². The van der Waals surface area contributed by atoms with Crippen LogP contribution in [-0.4, -0.2) is 13.2 Å². The second kappa shape index (κ2) is 9.99. The molecule has 0 aliphatic rings. The maximum Gasteiger partial charge on any atom is 0.166 e. The van der Waals surface area contributed by atoms with Gasteiger partial charge in [0.2, 0.25) is 0 Å². The van der Waals surface area contributed by atoms with Crippen LogP contribution in [0.4, 0.5) is 0 Å². The number of hydrogen-bond donors (Lipinski definition) is 1. The molecule has 0 saturated carbocycles. The van der Waals surface area contributed by atoms with E-state index >= 15 is 0 Å². The van der Waals surface area contributed by atoms with Gasteiger partial charge in [-0.3, -0.25) is 0 Å². The van der Waals surface area contributed by atoms with Crippen LogP contribution in [0, 0.1) is 6.92 Å². The highest BCUT2D eigenvalue weighted by molar-refractivity contribution is 5.46. The Morgan fingerprint density at radius 1 is 0.958 bits per heavy atom. The van der Waals surface area contributed by atoms with Crippen LogP contribution in [0.5, 0.6) is 11.5 Å². The Morgan fingerprint density at radius 2 is 1.75 bits per heavy atom. The molecule has 0 aliphatic heterocycles. The van der Waals surface area contributed by atoms with E-state index in [1.54, 1.807) is 0 Å². The van der Waals surface area contributed by atoms with Crippen molar-refractivity contribution in [2.24, 2.45) is 0 Å². The average molecular weight is 327 g/mol. The fourth-order valence-corrected chi connectivity index (χ4v) is 2.50. The molecule has 2 rings (SSSR count). The quantitative estimate of drug-likeness (QED) is 0.632. The summed E-state index contributed by atoms with van der Waals surface area (Å²) in [5.74, 6) is 1.67. The summed E-state index contributed by atoms with van der Waals surface area (Å²) in [5, 5.41) is 3.48. The number of benzene rings is 2. The van der Waals surface area contributed by atoms with Crippen molar-refractivity contribution >= 4 is 0 Å². The van der Waals surface area contributed by atoms with Crippen LogP contribution in [-0.2, 0) is 13.2 Å². The van der Waals surface area contributed by atoms with E-state index in [1.165, 1.54) is 18.4 Å². The van der Waals surface area contributed by atoms with Gasteiger partial charge in [0.05, 0.1) is 6.61 Å². The van der Waals surface area contributed by atoms with Crippen LogP contribution in [0.1, 0.15) is 43.4 Å². The molecule has 0 aromatic heterocycles. The third-order valence-corrected chi connectivity index (χ3v) is 3.89. The third-order valence-electron chi connectivity index (χ3n) is 3.89. The summed E-state index contributed by atoms with van der Waals surface area (Å²) in [7, 11) is 0. The molecule has 24 heavy (non-hydrogen) atoms. The summed E-state index contributed by atoms with van der Waals surface area (Å²) in [6, 6.07) is 14.5. The van der Waals surface area contributed by atoms with Gasteiger partial charge in [0.1, 0.15) is 6.61 Å². The predicted molar refractivity (Wildman–Crippen MR) is 99.7 cm³/mol. The molecule has 0 radical (unpaired) electrons. The molecule has 1 N–H and O–H groups in total. The van der Waals surface area contributed by atoms with Gasteiger partial charge in [-0.15, -0.1) is 0 Å². The van der Waals surface area contributed by atoms with E-state index in [-0.39, 0.29) is 0 Å². The lowest BCUT2D eigenvalue weighted by atomic mass is 10.1. The largest absolute Gasteiger partial charge is 0.490 e. The van der Waals surface area contributed by atoms with Gasteiger partial charge in [0.25, 0.3) is 0 Å². The molecule has 0 amide bonds. The molecule has 0 aliphatic carbocycles. The molecular formula is C21H29NO2. The fraction of sp³-hybridized carbons (Fsp3) is 0.429. The van der Waals surface area contributed by atoms with Crippen LogP contribution in [0.15, 0.2) is 42.5 Å². The van der Waals surface area contributed by atoms with Crippen molar-refractivity contribution in [1.82, 2.24) is 5.32 Å². The topological polar surface area (TPSA) is 30.5 Å². The number of para-hydroxylation sites is 1. The van der Waals surface area contributed by atoms with Crippen LogP contribution < -0.4 is 14.8 Å². The number of hydrogen-bond acceptors (Lipinski definition) is 3. The van der Waals surface area contributed by atoms with E-state index in [4.69, 9.17) is 9.47 Å². The average Bonchev–Trinajstić information content (AvgIpc) is 2.60. The molecule has 3 nitrogen and oxygen atoms in total. The zero-order valence-corrected chi connectivity index (χ0v) is 15.1. The smallest absolute Gasteiger partial charge is 0.166 e. The molecule has 0 fully saturated rings. The molecule has 0 saturated heterocycles. The van der Waals surface area contributed by atoms with Crippen molar-refractivity contribution in [3.8, 4) is 11.5 Å². The second-order valence-corrected chi connectivity index (χ2v) is 5.98. The fourth-order valence-electron chi connectivity index (χ4n) is 2.50. The molecular weight excluding hydrogens is 298 g/mol. The van der Waals surface area contributed by atoms with Crippen molar-refractivity contribution in [2.45, 2.75) is 46.8 Å². The number of unbranched alkanes of at least 4 members (excludes halogenated alkanes) is 1. The van der Waals surface area contributed by atoms with Crippen LogP contribution in [0.3, 0.4) is 0 Å². The normalized spacial score (nSPS) is 10.6. The van der Waals surface area contributed by atoms with E-state index in [1.807, 2.05) is 19.1 Å². The van der Waals surface area contributed by atoms with Crippen molar-refractivity contribution in [2.75, 3.05) is 13.2 Å². The summed E-state index contributed by atoms with van der Waals surface area (Å²) in [6.07, 6.45) is 2.38. The molecule has 0 bridgehead atoms. The minimum atomic E-state index is 0.548. The summed E-state index contributed by atoms with van der Waals surface area (Å²) in [4.78, 5) is 0. The Kier molecular flexibility index (Phi) is 7.63. The second-order valence-electron chi connectivity index (χ2n) is 5.98. The number of aryl methyl sites for hydroxylation is 1. The first-order chi connectivity index (χ1) is 11.7. The van der Waals surface area contributed by atoms with Crippen LogP contribution in [0.2, 0.25) is 0 Å². The van der Waals surface area contributed by atoms with Gasteiger partial charge in [0, 0.05) is 12.1 Å². The van der Waals surface area contributed by atoms with E-state index in [9.17, 15) is 0 Å². The van der Waals surface area contributed by atoms with Gasteiger partial charge in [-0.2, -0.15) is 0 Å². The van der Waals surface area contributed by atoms with Crippen LogP contribution in [0.25, 0.3) is 0 Å². The Bertz CT molecular complexity index is 608.